The van der Waals surface area contributed by atoms with Crippen LogP contribution in [0.25, 0.3) is 0 Å². The number of benzene rings is 1. The minimum Gasteiger partial charge on any atom is -0.312 e. The number of rotatable bonds is 0. The third-order valence-electron chi connectivity index (χ3n) is 2.40. The smallest absolute Gasteiger partial charge is 0.0208 e. The molecule has 1 heterocycles. The Morgan fingerprint density at radius 1 is 1.50 bits per heavy atom. The van der Waals surface area contributed by atoms with Gasteiger partial charge in [0, 0.05) is 17.6 Å². The van der Waals surface area contributed by atoms with Crippen molar-refractivity contribution in [1.82, 2.24) is 5.32 Å². The molecule has 0 aliphatic carbocycles. The Balaban J connectivity index is 2.47. The summed E-state index contributed by atoms with van der Waals surface area (Å²) in [6.07, 6.45) is 0. The molecule has 1 nitrogen and oxygen atoms in total. The van der Waals surface area contributed by atoms with E-state index in [1.807, 2.05) is 0 Å². The lowest BCUT2D eigenvalue weighted by Crippen LogP contribution is -2.26. The molecule has 1 aliphatic heterocycles. The van der Waals surface area contributed by atoms with Gasteiger partial charge >= 0.3 is 0 Å². The van der Waals surface area contributed by atoms with Gasteiger partial charge in [0.15, 0.2) is 0 Å². The van der Waals surface area contributed by atoms with Gasteiger partial charge in [-0.05, 0) is 29.2 Å². The maximum absolute atomic E-state index is 3.50. The molecule has 1 aromatic carbocycles. The highest BCUT2D eigenvalue weighted by atomic mass is 79.9. The predicted octanol–water partition coefficient (Wildman–Crippen LogP) is 2.66. The molecule has 0 saturated carbocycles. The fraction of sp³-hybridized carbons (Fsp3) is 0.400. The van der Waals surface area contributed by atoms with Gasteiger partial charge < -0.3 is 5.32 Å². The van der Waals surface area contributed by atoms with Crippen molar-refractivity contribution in [1.29, 1.82) is 0 Å². The maximum Gasteiger partial charge on any atom is 0.0208 e. The van der Waals surface area contributed by atoms with Gasteiger partial charge in [-0.15, -0.1) is 0 Å². The van der Waals surface area contributed by atoms with Crippen LogP contribution in [-0.2, 0) is 6.54 Å². The molecule has 1 aliphatic rings. The average molecular weight is 226 g/mol. The first-order chi connectivity index (χ1) is 5.77. The summed E-state index contributed by atoms with van der Waals surface area (Å²) in [5, 5.41) is 3.39. The summed E-state index contributed by atoms with van der Waals surface area (Å²) < 4.78 is 1.19. The van der Waals surface area contributed by atoms with Crippen LogP contribution < -0.4 is 5.32 Å². The van der Waals surface area contributed by atoms with Crippen LogP contribution in [0.15, 0.2) is 22.7 Å². The molecule has 1 unspecified atom stereocenters. The van der Waals surface area contributed by atoms with E-state index in [9.17, 15) is 0 Å². The minimum absolute atomic E-state index is 0.645. The van der Waals surface area contributed by atoms with Gasteiger partial charge in [0.2, 0.25) is 0 Å². The standard InChI is InChI=1S/C10H12BrN/c1-7-5-12-6-8-2-3-9(11)4-10(7)8/h2-4,7,12H,5-6H2,1H3. The second kappa shape index (κ2) is 3.19. The number of halogens is 1. The quantitative estimate of drug-likeness (QED) is 0.717. The van der Waals surface area contributed by atoms with E-state index in [2.05, 4.69) is 46.4 Å². The van der Waals surface area contributed by atoms with Gasteiger partial charge in [-0.2, -0.15) is 0 Å². The summed E-state index contributed by atoms with van der Waals surface area (Å²) in [5.74, 6) is 0.645. The van der Waals surface area contributed by atoms with Crippen LogP contribution in [0.3, 0.4) is 0 Å². The molecule has 2 heteroatoms. The molecule has 0 fully saturated rings. The largest absolute Gasteiger partial charge is 0.312 e. The molecular weight excluding hydrogens is 214 g/mol. The van der Waals surface area contributed by atoms with E-state index in [0.29, 0.717) is 5.92 Å². The lowest BCUT2D eigenvalue weighted by Gasteiger charge is -2.23. The van der Waals surface area contributed by atoms with Gasteiger partial charge in [0.05, 0.1) is 0 Å². The van der Waals surface area contributed by atoms with Crippen molar-refractivity contribution in [3.05, 3.63) is 33.8 Å². The highest BCUT2D eigenvalue weighted by Gasteiger charge is 2.15. The second-order valence-electron chi connectivity index (χ2n) is 3.38. The first kappa shape index (κ1) is 8.27. The van der Waals surface area contributed by atoms with Crippen LogP contribution in [0.4, 0.5) is 0 Å². The van der Waals surface area contributed by atoms with Gasteiger partial charge in [0.25, 0.3) is 0 Å². The van der Waals surface area contributed by atoms with Gasteiger partial charge in [-0.25, -0.2) is 0 Å². The topological polar surface area (TPSA) is 12.0 Å². The summed E-state index contributed by atoms with van der Waals surface area (Å²) in [6.45, 7) is 4.38. The maximum atomic E-state index is 3.50. The zero-order valence-electron chi connectivity index (χ0n) is 7.10. The zero-order chi connectivity index (χ0) is 8.55. The molecule has 2 rings (SSSR count). The first-order valence-corrected chi connectivity index (χ1v) is 5.05. The van der Waals surface area contributed by atoms with Crippen molar-refractivity contribution in [2.75, 3.05) is 6.54 Å². The molecule has 0 spiro atoms. The third-order valence-corrected chi connectivity index (χ3v) is 2.90. The summed E-state index contributed by atoms with van der Waals surface area (Å²) in [7, 11) is 0. The SMILES string of the molecule is CC1CNCc2ccc(Br)cc21. The number of hydrogen-bond acceptors (Lipinski definition) is 1. The monoisotopic (exact) mass is 225 g/mol. The third kappa shape index (κ3) is 1.41. The Morgan fingerprint density at radius 3 is 3.17 bits per heavy atom. The van der Waals surface area contributed by atoms with E-state index in [1.165, 1.54) is 15.6 Å². The molecule has 0 saturated heterocycles. The Bertz CT molecular complexity index is 296. The van der Waals surface area contributed by atoms with Crippen LogP contribution in [-0.4, -0.2) is 6.54 Å². The van der Waals surface area contributed by atoms with Crippen molar-refractivity contribution in [2.24, 2.45) is 0 Å². The molecule has 0 bridgehead atoms. The average Bonchev–Trinajstić information content (AvgIpc) is 2.07. The summed E-state index contributed by atoms with van der Waals surface area (Å²) in [6, 6.07) is 6.54. The Morgan fingerprint density at radius 2 is 2.33 bits per heavy atom. The Kier molecular flexibility index (Phi) is 2.20. The molecule has 64 valence electrons. The second-order valence-corrected chi connectivity index (χ2v) is 4.29. The number of hydrogen-bond donors (Lipinski definition) is 1. The molecule has 0 amide bonds. The van der Waals surface area contributed by atoms with Gasteiger partial charge in [-0.3, -0.25) is 0 Å². The van der Waals surface area contributed by atoms with Crippen LogP contribution in [0.2, 0.25) is 0 Å². The van der Waals surface area contributed by atoms with Crippen LogP contribution >= 0.6 is 15.9 Å². The van der Waals surface area contributed by atoms with Crippen LogP contribution in [0.5, 0.6) is 0 Å². The molecular formula is C10H12BrN. The normalized spacial score (nSPS) is 22.0. The number of nitrogens with one attached hydrogen (secondary N) is 1. The molecule has 1 aromatic rings. The van der Waals surface area contributed by atoms with E-state index >= 15 is 0 Å². The van der Waals surface area contributed by atoms with Crippen molar-refractivity contribution in [3.63, 3.8) is 0 Å². The highest BCUT2D eigenvalue weighted by molar-refractivity contribution is 9.10. The summed E-state index contributed by atoms with van der Waals surface area (Å²) >= 11 is 3.50. The van der Waals surface area contributed by atoms with Crippen molar-refractivity contribution < 1.29 is 0 Å². The molecule has 1 N–H and O–H groups in total. The summed E-state index contributed by atoms with van der Waals surface area (Å²) in [4.78, 5) is 0. The van der Waals surface area contributed by atoms with Crippen molar-refractivity contribution in [2.45, 2.75) is 19.4 Å². The Hall–Kier alpha value is -0.340. The van der Waals surface area contributed by atoms with E-state index in [-0.39, 0.29) is 0 Å². The lowest BCUT2D eigenvalue weighted by atomic mass is 9.93. The van der Waals surface area contributed by atoms with Gasteiger partial charge in [0.1, 0.15) is 0 Å². The van der Waals surface area contributed by atoms with E-state index in [1.54, 1.807) is 0 Å². The predicted molar refractivity (Wildman–Crippen MR) is 54.3 cm³/mol. The fourth-order valence-electron chi connectivity index (χ4n) is 1.72. The van der Waals surface area contributed by atoms with E-state index < -0.39 is 0 Å². The van der Waals surface area contributed by atoms with Crippen molar-refractivity contribution >= 4 is 15.9 Å². The van der Waals surface area contributed by atoms with Gasteiger partial charge in [-0.1, -0.05) is 28.9 Å². The minimum atomic E-state index is 0.645. The molecule has 0 radical (unpaired) electrons. The Labute approximate surface area is 81.3 Å². The molecule has 1 atom stereocenters. The highest BCUT2D eigenvalue weighted by Crippen LogP contribution is 2.26. The van der Waals surface area contributed by atoms with Crippen LogP contribution in [0.1, 0.15) is 24.0 Å². The van der Waals surface area contributed by atoms with Crippen molar-refractivity contribution in [3.8, 4) is 0 Å². The summed E-state index contributed by atoms with van der Waals surface area (Å²) in [5.41, 5.74) is 2.93. The molecule has 12 heavy (non-hydrogen) atoms. The van der Waals surface area contributed by atoms with E-state index in [4.69, 9.17) is 0 Å². The van der Waals surface area contributed by atoms with Crippen LogP contribution in [0, 0.1) is 0 Å². The number of fused-ring (bicyclic) bond motifs is 1. The zero-order valence-corrected chi connectivity index (χ0v) is 8.69. The fourth-order valence-corrected chi connectivity index (χ4v) is 2.10. The first-order valence-electron chi connectivity index (χ1n) is 4.26. The van der Waals surface area contributed by atoms with E-state index in [0.717, 1.165) is 13.1 Å². The molecule has 0 aromatic heterocycles. The lowest BCUT2D eigenvalue weighted by molar-refractivity contribution is 0.571.